The Morgan fingerprint density at radius 3 is 2.43 bits per heavy atom. The lowest BCUT2D eigenvalue weighted by Gasteiger charge is -2.35. The van der Waals surface area contributed by atoms with Crippen LogP contribution in [-0.2, 0) is 14.3 Å². The van der Waals surface area contributed by atoms with E-state index < -0.39 is 47.5 Å². The van der Waals surface area contributed by atoms with E-state index in [1.165, 1.54) is 23.2 Å². The molecule has 3 aliphatic rings. The largest absolute Gasteiger partial charge is 0.586 e. The van der Waals surface area contributed by atoms with Gasteiger partial charge in [-0.05, 0) is 62.1 Å². The third kappa shape index (κ3) is 6.81. The van der Waals surface area contributed by atoms with E-state index in [0.717, 1.165) is 6.42 Å². The Balaban J connectivity index is 1.41. The smallest absolute Gasteiger partial charge is 0.472 e. The Labute approximate surface area is 254 Å². The first-order valence-electron chi connectivity index (χ1n) is 14.5. The Kier molecular flexibility index (Phi) is 7.88. The Bertz CT molecular complexity index is 1490. The molecule has 0 spiro atoms. The fraction of sp³-hybridized carbons (Fsp3) is 0.548. The second kappa shape index (κ2) is 11.1. The third-order valence-corrected chi connectivity index (χ3v) is 7.62. The summed E-state index contributed by atoms with van der Waals surface area (Å²) in [5, 5.41) is 6.61. The summed E-state index contributed by atoms with van der Waals surface area (Å²) in [6.45, 7) is 14.4. The molecule has 2 aromatic rings. The highest BCUT2D eigenvalue weighted by molar-refractivity contribution is 5.93. The predicted molar refractivity (Wildman–Crippen MR) is 155 cm³/mol. The van der Waals surface area contributed by atoms with Gasteiger partial charge in [0.15, 0.2) is 11.5 Å². The minimum absolute atomic E-state index is 0.00967. The maximum Gasteiger partial charge on any atom is 0.586 e. The van der Waals surface area contributed by atoms with Crippen molar-refractivity contribution in [3.05, 3.63) is 37.1 Å². The van der Waals surface area contributed by atoms with E-state index >= 15 is 0 Å². The number of aromatic nitrogens is 1. The number of carbonyl (C=O) groups is 3. The SMILES string of the molecule is C=C[C@@H]1C[C@H]1NC(=O)[C@@H]1C[C@@H](Oc2nccc3cc4c(cc23)OC(F)(F)O4)CN1C(=O)[C@@H](NC(=O)OC(C)(C)C)C(C)(C)C. The van der Waals surface area contributed by atoms with Crippen molar-refractivity contribution in [2.75, 3.05) is 6.54 Å². The van der Waals surface area contributed by atoms with E-state index in [1.54, 1.807) is 53.7 Å². The fourth-order valence-electron chi connectivity index (χ4n) is 5.38. The van der Waals surface area contributed by atoms with Crippen molar-refractivity contribution in [3.8, 4) is 17.4 Å². The molecule has 5 rings (SSSR count). The Morgan fingerprint density at radius 1 is 1.14 bits per heavy atom. The van der Waals surface area contributed by atoms with Crippen LogP contribution in [0.1, 0.15) is 54.4 Å². The minimum Gasteiger partial charge on any atom is -0.472 e. The van der Waals surface area contributed by atoms with Gasteiger partial charge < -0.3 is 34.5 Å². The molecular weight excluding hydrogens is 578 g/mol. The van der Waals surface area contributed by atoms with Crippen molar-refractivity contribution < 1.29 is 42.1 Å². The zero-order chi connectivity index (χ0) is 32.2. The number of nitrogens with zero attached hydrogens (tertiary/aromatic N) is 2. The molecule has 238 valence electrons. The van der Waals surface area contributed by atoms with E-state index in [-0.39, 0.29) is 48.2 Å². The van der Waals surface area contributed by atoms with E-state index in [1.807, 2.05) is 0 Å². The molecule has 1 aliphatic carbocycles. The molecule has 3 heterocycles. The van der Waals surface area contributed by atoms with Crippen LogP contribution < -0.4 is 24.8 Å². The average molecular weight is 617 g/mol. The number of fused-ring (bicyclic) bond motifs is 2. The van der Waals surface area contributed by atoms with Crippen molar-refractivity contribution in [1.82, 2.24) is 20.5 Å². The normalized spacial score (nSPS) is 24.4. The molecule has 0 radical (unpaired) electrons. The van der Waals surface area contributed by atoms with Crippen molar-refractivity contribution in [2.24, 2.45) is 11.3 Å². The van der Waals surface area contributed by atoms with Crippen LogP contribution >= 0.6 is 0 Å². The van der Waals surface area contributed by atoms with Gasteiger partial charge in [0, 0.05) is 24.0 Å². The minimum atomic E-state index is -3.79. The second-order valence-electron chi connectivity index (χ2n) is 13.5. The van der Waals surface area contributed by atoms with Crippen molar-refractivity contribution in [1.29, 1.82) is 0 Å². The van der Waals surface area contributed by atoms with E-state index in [2.05, 4.69) is 31.7 Å². The van der Waals surface area contributed by atoms with E-state index in [4.69, 9.17) is 9.47 Å². The van der Waals surface area contributed by atoms with Gasteiger partial charge in [0.2, 0.25) is 17.7 Å². The molecule has 11 nitrogen and oxygen atoms in total. The number of pyridine rings is 1. The number of halogens is 2. The number of alkyl carbamates (subject to hydrolysis) is 1. The quantitative estimate of drug-likeness (QED) is 0.435. The molecule has 1 aromatic carbocycles. The number of nitrogens with one attached hydrogen (secondary N) is 2. The van der Waals surface area contributed by atoms with Gasteiger partial charge in [0.05, 0.1) is 6.54 Å². The van der Waals surface area contributed by atoms with Gasteiger partial charge in [-0.25, -0.2) is 9.78 Å². The summed E-state index contributed by atoms with van der Waals surface area (Å²) in [5.74, 6) is -0.813. The van der Waals surface area contributed by atoms with Crippen LogP contribution in [0.15, 0.2) is 37.1 Å². The first-order valence-corrected chi connectivity index (χ1v) is 14.5. The molecule has 5 atom stereocenters. The molecule has 2 N–H and O–H groups in total. The van der Waals surface area contributed by atoms with Crippen LogP contribution in [0, 0.1) is 11.3 Å². The summed E-state index contributed by atoms with van der Waals surface area (Å²) in [4.78, 5) is 46.1. The number of rotatable bonds is 7. The number of hydrogen-bond acceptors (Lipinski definition) is 8. The highest BCUT2D eigenvalue weighted by Crippen LogP contribution is 2.45. The predicted octanol–water partition coefficient (Wildman–Crippen LogP) is 4.53. The monoisotopic (exact) mass is 616 g/mol. The maximum absolute atomic E-state index is 14.1. The molecule has 13 heteroatoms. The van der Waals surface area contributed by atoms with Crippen LogP contribution in [-0.4, -0.2) is 70.5 Å². The second-order valence-corrected chi connectivity index (χ2v) is 13.5. The lowest BCUT2D eigenvalue weighted by Crippen LogP contribution is -2.58. The van der Waals surface area contributed by atoms with Crippen LogP contribution in [0.4, 0.5) is 13.6 Å². The van der Waals surface area contributed by atoms with Gasteiger partial charge in [-0.15, -0.1) is 15.4 Å². The molecule has 2 fully saturated rings. The number of hydrogen-bond donors (Lipinski definition) is 2. The van der Waals surface area contributed by atoms with Gasteiger partial charge in [0.1, 0.15) is 23.8 Å². The first kappa shape index (κ1) is 31.3. The molecule has 1 aromatic heterocycles. The van der Waals surface area contributed by atoms with Crippen molar-refractivity contribution in [3.63, 3.8) is 0 Å². The summed E-state index contributed by atoms with van der Waals surface area (Å²) in [7, 11) is 0. The number of benzene rings is 1. The van der Waals surface area contributed by atoms with Gasteiger partial charge in [0.25, 0.3) is 0 Å². The summed E-state index contributed by atoms with van der Waals surface area (Å²) < 4.78 is 48.2. The molecule has 2 aliphatic heterocycles. The van der Waals surface area contributed by atoms with Gasteiger partial charge >= 0.3 is 12.4 Å². The lowest BCUT2D eigenvalue weighted by atomic mass is 9.85. The molecule has 1 saturated heterocycles. The molecule has 1 saturated carbocycles. The number of alkyl halides is 2. The fourth-order valence-corrected chi connectivity index (χ4v) is 5.38. The molecule has 0 bridgehead atoms. The summed E-state index contributed by atoms with van der Waals surface area (Å²) in [5.41, 5.74) is -1.52. The topological polar surface area (TPSA) is 128 Å². The zero-order valence-corrected chi connectivity index (χ0v) is 25.6. The lowest BCUT2D eigenvalue weighted by molar-refractivity contribution is -0.286. The molecule has 0 unspecified atom stereocenters. The van der Waals surface area contributed by atoms with Crippen LogP contribution in [0.2, 0.25) is 0 Å². The van der Waals surface area contributed by atoms with Crippen LogP contribution in [0.25, 0.3) is 10.8 Å². The standard InChI is InChI=1S/C31H38F2N4O7/c1-8-16-11-20(16)35-25(38)21-13-18(15-37(21)27(39)24(29(2,3)4)36-28(40)44-30(5,6)7)41-26-19-14-23-22(42-31(32,33)43-23)12-17(19)9-10-34-26/h8-10,12,14,16,18,20-21,24H,1,11,13,15H2,2-7H3,(H,35,38)(H,36,40)/t16-,18-,20-,21+,24-/m1/s1. The summed E-state index contributed by atoms with van der Waals surface area (Å²) in [6, 6.07) is 2.38. The summed E-state index contributed by atoms with van der Waals surface area (Å²) in [6.07, 6.45) is -1.09. The van der Waals surface area contributed by atoms with E-state index in [9.17, 15) is 23.2 Å². The van der Waals surface area contributed by atoms with Crippen LogP contribution in [0.5, 0.6) is 17.4 Å². The number of ether oxygens (including phenoxy) is 4. The molecule has 44 heavy (non-hydrogen) atoms. The first-order chi connectivity index (χ1) is 20.4. The summed E-state index contributed by atoms with van der Waals surface area (Å²) >= 11 is 0. The highest BCUT2D eigenvalue weighted by atomic mass is 19.3. The van der Waals surface area contributed by atoms with Gasteiger partial charge in [-0.2, -0.15) is 0 Å². The van der Waals surface area contributed by atoms with E-state index in [0.29, 0.717) is 10.8 Å². The van der Waals surface area contributed by atoms with Crippen molar-refractivity contribution >= 4 is 28.7 Å². The zero-order valence-electron chi connectivity index (χ0n) is 25.6. The van der Waals surface area contributed by atoms with Gasteiger partial charge in [-0.3, -0.25) is 9.59 Å². The number of carbonyl (C=O) groups excluding carboxylic acids is 3. The average Bonchev–Trinajstić information content (AvgIpc) is 3.38. The van der Waals surface area contributed by atoms with Gasteiger partial charge in [-0.1, -0.05) is 26.8 Å². The Hall–Kier alpha value is -4.16. The molecule has 3 amide bonds. The van der Waals surface area contributed by atoms with Crippen LogP contribution in [0.3, 0.4) is 0 Å². The number of amides is 3. The maximum atomic E-state index is 14.1. The van der Waals surface area contributed by atoms with Crippen molar-refractivity contribution in [2.45, 2.75) is 90.5 Å². The highest BCUT2D eigenvalue weighted by Gasteiger charge is 2.48. The Morgan fingerprint density at radius 2 is 1.82 bits per heavy atom. The third-order valence-electron chi connectivity index (χ3n) is 7.62. The number of likely N-dealkylation sites (tertiary alicyclic amines) is 1. The molecular formula is C31H38F2N4O7.